The maximum atomic E-state index is 8.01. The molecule has 0 saturated heterocycles. The maximum absolute atomic E-state index is 8.01. The molecule has 5 nitrogen and oxygen atoms in total. The van der Waals surface area contributed by atoms with Crippen molar-refractivity contribution >= 4 is 16.7 Å². The number of nitrogens with zero attached hydrogens (tertiary/aromatic N) is 3. The third-order valence-electron chi connectivity index (χ3n) is 3.72. The van der Waals surface area contributed by atoms with E-state index in [2.05, 4.69) is 14.9 Å². The number of nitrogens with one attached hydrogen (secondary N) is 1. The number of hydrogen-bond acceptors (Lipinski definition) is 5. The van der Waals surface area contributed by atoms with Crippen LogP contribution >= 0.6 is 0 Å². The highest BCUT2D eigenvalue weighted by Gasteiger charge is 2.08. The molecule has 0 unspecified atom stereocenters. The van der Waals surface area contributed by atoms with E-state index >= 15 is 0 Å². The molecule has 0 bridgehead atoms. The van der Waals surface area contributed by atoms with Crippen LogP contribution in [0.3, 0.4) is 0 Å². The standard InChI is InChI=1S/C18H20N4O/c1-22(13-15(19)18-9-5-11-23-18)10-4-6-14-12-20-16-7-2-3-8-17(16)21-14/h2-3,5,7-9,11-12,19H,4,6,10,13H2,1H3. The molecule has 0 aliphatic carbocycles. The summed E-state index contributed by atoms with van der Waals surface area (Å²) in [4.78, 5) is 11.2. The fraction of sp³-hybridized carbons (Fsp3) is 0.278. The highest BCUT2D eigenvalue weighted by molar-refractivity contribution is 5.97. The maximum Gasteiger partial charge on any atom is 0.148 e. The number of para-hydroxylation sites is 2. The zero-order valence-corrected chi connectivity index (χ0v) is 13.2. The van der Waals surface area contributed by atoms with E-state index in [1.165, 1.54) is 0 Å². The fourth-order valence-corrected chi connectivity index (χ4v) is 2.52. The Kier molecular flexibility index (Phi) is 4.78. The van der Waals surface area contributed by atoms with Gasteiger partial charge in [0.1, 0.15) is 5.76 Å². The molecule has 3 aromatic rings. The van der Waals surface area contributed by atoms with Crippen LogP contribution in [0, 0.1) is 5.41 Å². The molecule has 2 aromatic heterocycles. The molecule has 5 heteroatoms. The van der Waals surface area contributed by atoms with Gasteiger partial charge in [-0.1, -0.05) is 12.1 Å². The van der Waals surface area contributed by atoms with Gasteiger partial charge in [-0.3, -0.25) is 4.98 Å². The largest absolute Gasteiger partial charge is 0.463 e. The van der Waals surface area contributed by atoms with Crippen LogP contribution < -0.4 is 0 Å². The lowest BCUT2D eigenvalue weighted by Crippen LogP contribution is -2.27. The minimum Gasteiger partial charge on any atom is -0.463 e. The molecule has 2 heterocycles. The molecule has 118 valence electrons. The van der Waals surface area contributed by atoms with Gasteiger partial charge in [0.2, 0.25) is 0 Å². The molecular weight excluding hydrogens is 288 g/mol. The van der Waals surface area contributed by atoms with E-state index in [-0.39, 0.29) is 0 Å². The zero-order valence-electron chi connectivity index (χ0n) is 13.2. The van der Waals surface area contributed by atoms with Gasteiger partial charge >= 0.3 is 0 Å². The Balaban J connectivity index is 1.49. The van der Waals surface area contributed by atoms with Crippen LogP contribution in [0.4, 0.5) is 0 Å². The Bertz CT molecular complexity index is 783. The van der Waals surface area contributed by atoms with E-state index in [9.17, 15) is 0 Å². The van der Waals surface area contributed by atoms with Crippen molar-refractivity contribution in [3.8, 4) is 0 Å². The van der Waals surface area contributed by atoms with Crippen molar-refractivity contribution in [2.45, 2.75) is 12.8 Å². The van der Waals surface area contributed by atoms with Crippen molar-refractivity contribution in [1.29, 1.82) is 5.41 Å². The number of hydrogen-bond donors (Lipinski definition) is 1. The second kappa shape index (κ2) is 7.15. The van der Waals surface area contributed by atoms with Gasteiger partial charge < -0.3 is 14.7 Å². The lowest BCUT2D eigenvalue weighted by molar-refractivity contribution is 0.371. The zero-order chi connectivity index (χ0) is 16.1. The van der Waals surface area contributed by atoms with Gasteiger partial charge in [-0.05, 0) is 50.7 Å². The molecule has 1 N–H and O–H groups in total. The third kappa shape index (κ3) is 4.02. The normalized spacial score (nSPS) is 11.2. The summed E-state index contributed by atoms with van der Waals surface area (Å²) in [6, 6.07) is 11.5. The second-order valence-corrected chi connectivity index (χ2v) is 5.65. The van der Waals surface area contributed by atoms with Crippen LogP contribution in [0.1, 0.15) is 17.9 Å². The molecule has 0 amide bonds. The summed E-state index contributed by atoms with van der Waals surface area (Å²) in [5.74, 6) is 0.636. The average molecular weight is 308 g/mol. The molecular formula is C18H20N4O. The number of fused-ring (bicyclic) bond motifs is 1. The second-order valence-electron chi connectivity index (χ2n) is 5.65. The average Bonchev–Trinajstić information content (AvgIpc) is 3.09. The van der Waals surface area contributed by atoms with Gasteiger partial charge in [-0.25, -0.2) is 4.98 Å². The van der Waals surface area contributed by atoms with Crippen molar-refractivity contribution in [2.24, 2.45) is 0 Å². The summed E-state index contributed by atoms with van der Waals surface area (Å²) in [6.45, 7) is 1.48. The van der Waals surface area contributed by atoms with E-state index < -0.39 is 0 Å². The van der Waals surface area contributed by atoms with E-state index in [4.69, 9.17) is 9.83 Å². The van der Waals surface area contributed by atoms with E-state index in [1.807, 2.05) is 49.6 Å². The van der Waals surface area contributed by atoms with Gasteiger partial charge in [0.15, 0.2) is 0 Å². The highest BCUT2D eigenvalue weighted by Crippen LogP contribution is 2.10. The minimum absolute atomic E-state index is 0.503. The van der Waals surface area contributed by atoms with Gasteiger partial charge in [0.25, 0.3) is 0 Å². The molecule has 23 heavy (non-hydrogen) atoms. The first-order valence-electron chi connectivity index (χ1n) is 7.73. The Morgan fingerprint density at radius 3 is 2.78 bits per heavy atom. The topological polar surface area (TPSA) is 66.0 Å². The van der Waals surface area contributed by atoms with Crippen molar-refractivity contribution in [1.82, 2.24) is 14.9 Å². The molecule has 0 aliphatic rings. The summed E-state index contributed by atoms with van der Waals surface area (Å²) in [7, 11) is 2.02. The summed E-state index contributed by atoms with van der Waals surface area (Å²) < 4.78 is 5.24. The monoisotopic (exact) mass is 308 g/mol. The first-order chi connectivity index (χ1) is 11.2. The van der Waals surface area contributed by atoms with Crippen LogP contribution in [0.25, 0.3) is 11.0 Å². The van der Waals surface area contributed by atoms with Crippen LogP contribution in [0.5, 0.6) is 0 Å². The van der Waals surface area contributed by atoms with Gasteiger partial charge in [0, 0.05) is 12.7 Å². The van der Waals surface area contributed by atoms with Crippen LogP contribution in [0.15, 0.2) is 53.3 Å². The smallest absolute Gasteiger partial charge is 0.148 e. The molecule has 0 aliphatic heterocycles. The summed E-state index contributed by atoms with van der Waals surface area (Å²) in [6.07, 6.45) is 5.32. The molecule has 0 saturated carbocycles. The van der Waals surface area contributed by atoms with Crippen LogP contribution in [-0.4, -0.2) is 40.7 Å². The lowest BCUT2D eigenvalue weighted by atomic mass is 10.2. The Morgan fingerprint density at radius 2 is 2.00 bits per heavy atom. The Hall–Kier alpha value is -2.53. The molecule has 3 rings (SSSR count). The predicted molar refractivity (Wildman–Crippen MR) is 90.9 cm³/mol. The highest BCUT2D eigenvalue weighted by atomic mass is 16.3. The van der Waals surface area contributed by atoms with E-state index in [1.54, 1.807) is 6.26 Å². The number of aromatic nitrogens is 2. The van der Waals surface area contributed by atoms with Gasteiger partial charge in [0.05, 0.1) is 28.7 Å². The van der Waals surface area contributed by atoms with Crippen molar-refractivity contribution in [3.63, 3.8) is 0 Å². The number of furan rings is 1. The molecule has 0 radical (unpaired) electrons. The fourth-order valence-electron chi connectivity index (χ4n) is 2.52. The molecule has 0 atom stereocenters. The predicted octanol–water partition coefficient (Wildman–Crippen LogP) is 3.16. The van der Waals surface area contributed by atoms with Gasteiger partial charge in [-0.2, -0.15) is 0 Å². The first kappa shape index (κ1) is 15.4. The molecule has 1 aromatic carbocycles. The van der Waals surface area contributed by atoms with E-state index in [0.717, 1.165) is 36.1 Å². The Morgan fingerprint density at radius 1 is 1.17 bits per heavy atom. The SMILES string of the molecule is CN(CCCc1cnc2ccccc2n1)CC(=N)c1ccco1. The summed E-state index contributed by atoms with van der Waals surface area (Å²) >= 11 is 0. The number of aryl methyl sites for hydroxylation is 1. The summed E-state index contributed by atoms with van der Waals surface area (Å²) in [5.41, 5.74) is 3.39. The van der Waals surface area contributed by atoms with Crippen LogP contribution in [0.2, 0.25) is 0 Å². The quantitative estimate of drug-likeness (QED) is 0.681. The number of likely N-dealkylation sites (N-methyl/N-ethyl adjacent to an activating group) is 1. The number of rotatable bonds is 7. The first-order valence-corrected chi connectivity index (χ1v) is 7.73. The molecule has 0 spiro atoms. The van der Waals surface area contributed by atoms with Crippen LogP contribution in [-0.2, 0) is 6.42 Å². The summed E-state index contributed by atoms with van der Waals surface area (Å²) in [5, 5.41) is 8.01. The molecule has 0 fully saturated rings. The Labute approximate surface area is 135 Å². The van der Waals surface area contributed by atoms with Crippen molar-refractivity contribution < 1.29 is 4.42 Å². The number of benzene rings is 1. The lowest BCUT2D eigenvalue weighted by Gasteiger charge is -2.16. The van der Waals surface area contributed by atoms with E-state index in [0.29, 0.717) is 18.0 Å². The third-order valence-corrected chi connectivity index (χ3v) is 3.72. The minimum atomic E-state index is 0.503. The van der Waals surface area contributed by atoms with Crippen molar-refractivity contribution in [3.05, 3.63) is 60.3 Å². The van der Waals surface area contributed by atoms with Gasteiger partial charge in [-0.15, -0.1) is 0 Å². The van der Waals surface area contributed by atoms with Crippen molar-refractivity contribution in [2.75, 3.05) is 20.1 Å².